The van der Waals surface area contributed by atoms with E-state index in [-0.39, 0.29) is 23.4 Å². The highest BCUT2D eigenvalue weighted by Gasteiger charge is 2.31. The second kappa shape index (κ2) is 9.07. The van der Waals surface area contributed by atoms with Crippen LogP contribution in [0.25, 0.3) is 17.2 Å². The minimum atomic E-state index is -0.187. The van der Waals surface area contributed by atoms with Gasteiger partial charge in [0.25, 0.3) is 0 Å². The summed E-state index contributed by atoms with van der Waals surface area (Å²) in [6, 6.07) is 21.5. The first-order chi connectivity index (χ1) is 16.1. The molecule has 1 fully saturated rings. The first-order valence-corrected chi connectivity index (χ1v) is 11.5. The third-order valence-corrected chi connectivity index (χ3v) is 6.42. The lowest BCUT2D eigenvalue weighted by Gasteiger charge is -2.20. The van der Waals surface area contributed by atoms with Crippen LogP contribution in [0, 0.1) is 12.8 Å². The monoisotopic (exact) mass is 438 g/mol. The number of hydrogen-bond donors (Lipinski definition) is 0. The van der Waals surface area contributed by atoms with Crippen molar-refractivity contribution in [1.82, 2.24) is 0 Å². The third kappa shape index (κ3) is 4.47. The van der Waals surface area contributed by atoms with Crippen molar-refractivity contribution in [3.05, 3.63) is 89.2 Å². The topological polar surface area (TPSA) is 52.6 Å². The first kappa shape index (κ1) is 21.2. The largest absolute Gasteiger partial charge is 0.452 e. The van der Waals surface area contributed by atoms with Crippen LogP contribution in [0.3, 0.4) is 0 Å². The number of carbonyl (C=O) groups is 2. The summed E-state index contributed by atoms with van der Waals surface area (Å²) >= 11 is 0. The quantitative estimate of drug-likeness (QED) is 0.256. The summed E-state index contributed by atoms with van der Waals surface area (Å²) in [5.41, 5.74) is 4.40. The van der Waals surface area contributed by atoms with Crippen LogP contribution in [-0.4, -0.2) is 11.8 Å². The van der Waals surface area contributed by atoms with E-state index in [4.69, 9.17) is 9.47 Å². The maximum atomic E-state index is 13.0. The molecule has 1 saturated carbocycles. The Morgan fingerprint density at radius 3 is 2.36 bits per heavy atom. The van der Waals surface area contributed by atoms with Gasteiger partial charge >= 0.3 is 5.97 Å². The fraction of sp³-hybridized carbons (Fsp3) is 0.241. The lowest BCUT2D eigenvalue weighted by atomic mass is 9.89. The van der Waals surface area contributed by atoms with Gasteiger partial charge in [-0.2, -0.15) is 0 Å². The number of allylic oxidation sites excluding steroid dienone is 1. The van der Waals surface area contributed by atoms with E-state index in [1.165, 1.54) is 6.42 Å². The van der Waals surface area contributed by atoms with E-state index in [1.54, 1.807) is 18.2 Å². The Hall–Kier alpha value is -3.66. The van der Waals surface area contributed by atoms with Gasteiger partial charge in [-0.1, -0.05) is 73.9 Å². The molecular weight excluding hydrogens is 412 g/mol. The molecule has 0 saturated heterocycles. The summed E-state index contributed by atoms with van der Waals surface area (Å²) in [6.45, 7) is 1.84. The van der Waals surface area contributed by atoms with Crippen LogP contribution >= 0.6 is 0 Å². The van der Waals surface area contributed by atoms with Gasteiger partial charge in [-0.3, -0.25) is 9.59 Å². The van der Waals surface area contributed by atoms with Gasteiger partial charge in [0.2, 0.25) is 5.78 Å². The van der Waals surface area contributed by atoms with Crippen LogP contribution in [0.2, 0.25) is 0 Å². The average molecular weight is 439 g/mol. The predicted octanol–water partition coefficient (Wildman–Crippen LogP) is 6.76. The summed E-state index contributed by atoms with van der Waals surface area (Å²) in [5, 5.41) is 0. The van der Waals surface area contributed by atoms with E-state index in [0.29, 0.717) is 17.1 Å². The van der Waals surface area contributed by atoms with E-state index in [2.05, 4.69) is 12.1 Å². The van der Waals surface area contributed by atoms with E-state index in [9.17, 15) is 9.59 Å². The van der Waals surface area contributed by atoms with Crippen molar-refractivity contribution in [2.24, 2.45) is 5.92 Å². The van der Waals surface area contributed by atoms with Crippen molar-refractivity contribution in [2.45, 2.75) is 39.0 Å². The smallest absolute Gasteiger partial charge is 0.314 e. The maximum absolute atomic E-state index is 13.0. The summed E-state index contributed by atoms with van der Waals surface area (Å²) in [6.07, 6.45) is 6.84. The summed E-state index contributed by atoms with van der Waals surface area (Å²) < 4.78 is 11.6. The fourth-order valence-corrected chi connectivity index (χ4v) is 4.63. The normalized spacial score (nSPS) is 17.0. The highest BCUT2D eigenvalue weighted by Crippen LogP contribution is 2.38. The first-order valence-electron chi connectivity index (χ1n) is 11.5. The fourth-order valence-electron chi connectivity index (χ4n) is 4.63. The van der Waals surface area contributed by atoms with Crippen molar-refractivity contribution in [3.63, 3.8) is 0 Å². The number of carbonyl (C=O) groups excluding carboxylic acids is 2. The number of hydrogen-bond acceptors (Lipinski definition) is 4. The van der Waals surface area contributed by atoms with Gasteiger partial charge in [0, 0.05) is 6.07 Å². The number of aryl methyl sites for hydroxylation is 1. The number of esters is 1. The molecule has 4 heteroatoms. The SMILES string of the molecule is Cc1cc(OC(=O)C2CCCCC2)cc2c1C(=O)/C(=C/c1ccc(-c3ccccc3)cc1)O2. The molecule has 33 heavy (non-hydrogen) atoms. The molecule has 1 aliphatic carbocycles. The Bertz CT molecular complexity index is 1220. The van der Waals surface area contributed by atoms with Gasteiger partial charge in [-0.25, -0.2) is 0 Å². The Labute approximate surface area is 193 Å². The average Bonchev–Trinajstić information content (AvgIpc) is 3.16. The summed E-state index contributed by atoms with van der Waals surface area (Å²) in [4.78, 5) is 25.5. The lowest BCUT2D eigenvalue weighted by molar-refractivity contribution is -0.139. The lowest BCUT2D eigenvalue weighted by Crippen LogP contribution is -2.22. The molecule has 0 N–H and O–H groups in total. The zero-order chi connectivity index (χ0) is 22.8. The molecule has 3 aromatic rings. The molecule has 1 heterocycles. The van der Waals surface area contributed by atoms with Gasteiger partial charge in [-0.05, 0) is 54.2 Å². The number of rotatable bonds is 4. The summed E-state index contributed by atoms with van der Waals surface area (Å²) in [7, 11) is 0. The second-order valence-electron chi connectivity index (χ2n) is 8.80. The molecule has 0 amide bonds. The molecule has 0 aromatic heterocycles. The van der Waals surface area contributed by atoms with Crippen molar-refractivity contribution < 1.29 is 19.1 Å². The molecular formula is C29H26O4. The van der Waals surface area contributed by atoms with Crippen LogP contribution in [-0.2, 0) is 4.79 Å². The number of fused-ring (bicyclic) bond motifs is 1. The molecule has 4 nitrogen and oxygen atoms in total. The van der Waals surface area contributed by atoms with Crippen LogP contribution in [0.15, 0.2) is 72.5 Å². The molecule has 166 valence electrons. The van der Waals surface area contributed by atoms with Gasteiger partial charge in [0.15, 0.2) is 5.76 Å². The number of ketones is 1. The maximum Gasteiger partial charge on any atom is 0.314 e. The molecule has 5 rings (SSSR count). The third-order valence-electron chi connectivity index (χ3n) is 6.42. The molecule has 0 unspecified atom stereocenters. The van der Waals surface area contributed by atoms with Gasteiger partial charge in [0.1, 0.15) is 11.5 Å². The Morgan fingerprint density at radius 2 is 1.64 bits per heavy atom. The predicted molar refractivity (Wildman–Crippen MR) is 128 cm³/mol. The minimum Gasteiger partial charge on any atom is -0.452 e. The number of Topliss-reactive ketones (excluding diaryl/α,β-unsaturated/α-hetero) is 1. The standard InChI is InChI=1S/C29H26O4/c1-19-16-24(32-29(31)23-10-6-3-7-11-23)18-25-27(19)28(30)26(33-25)17-20-12-14-22(15-13-20)21-8-4-2-5-9-21/h2,4-5,8-9,12-18,23H,3,6-7,10-11H2,1H3/b26-17-. The highest BCUT2D eigenvalue weighted by molar-refractivity contribution is 6.15. The Kier molecular flexibility index (Phi) is 5.82. The zero-order valence-electron chi connectivity index (χ0n) is 18.7. The Morgan fingerprint density at radius 1 is 0.939 bits per heavy atom. The molecule has 0 atom stereocenters. The van der Waals surface area contributed by atoms with Gasteiger partial charge in [0.05, 0.1) is 11.5 Å². The molecule has 2 aliphatic rings. The van der Waals surface area contributed by atoms with Crippen LogP contribution in [0.5, 0.6) is 11.5 Å². The molecule has 0 bridgehead atoms. The number of benzene rings is 3. The van der Waals surface area contributed by atoms with E-state index in [1.807, 2.05) is 49.4 Å². The Balaban J connectivity index is 1.34. The van der Waals surface area contributed by atoms with Crippen molar-refractivity contribution in [3.8, 4) is 22.6 Å². The minimum absolute atomic E-state index is 0.0378. The highest BCUT2D eigenvalue weighted by atomic mass is 16.5. The zero-order valence-corrected chi connectivity index (χ0v) is 18.7. The van der Waals surface area contributed by atoms with E-state index >= 15 is 0 Å². The van der Waals surface area contributed by atoms with Crippen LogP contribution < -0.4 is 9.47 Å². The van der Waals surface area contributed by atoms with Crippen LogP contribution in [0.1, 0.15) is 53.6 Å². The molecule has 1 aliphatic heterocycles. The molecule has 0 radical (unpaired) electrons. The van der Waals surface area contributed by atoms with E-state index in [0.717, 1.165) is 47.9 Å². The second-order valence-corrected chi connectivity index (χ2v) is 8.80. The van der Waals surface area contributed by atoms with E-state index < -0.39 is 0 Å². The van der Waals surface area contributed by atoms with Gasteiger partial charge in [-0.15, -0.1) is 0 Å². The van der Waals surface area contributed by atoms with Crippen LogP contribution in [0.4, 0.5) is 0 Å². The van der Waals surface area contributed by atoms with Gasteiger partial charge < -0.3 is 9.47 Å². The summed E-state index contributed by atoms with van der Waals surface area (Å²) in [5.74, 6) is 0.773. The van der Waals surface area contributed by atoms with Crippen molar-refractivity contribution in [1.29, 1.82) is 0 Å². The molecule has 3 aromatic carbocycles. The van der Waals surface area contributed by atoms with Crippen molar-refractivity contribution >= 4 is 17.8 Å². The molecule has 0 spiro atoms. The van der Waals surface area contributed by atoms with Crippen molar-refractivity contribution in [2.75, 3.05) is 0 Å². The number of ether oxygens (including phenoxy) is 2.